The molecule has 0 bridgehead atoms. The highest BCUT2D eigenvalue weighted by Gasteiger charge is 2.15. The normalized spacial score (nSPS) is 11.7. The van der Waals surface area contributed by atoms with Gasteiger partial charge in [0.1, 0.15) is 17.9 Å². The standard InChI is InChI=1S/C25H24FN5O2/c1-33-23-12-8-20(9-13-23)24(19-6-10-22(26)11-7-19)14-15-27-25(32)21-4-2-18(3-5-21)16-31-17-28-29-30-31/h2-13,17,24H,14-16H2,1H3,(H,27,32). The number of halogens is 1. The summed E-state index contributed by atoms with van der Waals surface area (Å²) in [6, 6.07) is 21.6. The summed E-state index contributed by atoms with van der Waals surface area (Å²) in [5, 5.41) is 14.1. The molecule has 4 rings (SSSR count). The fourth-order valence-electron chi connectivity index (χ4n) is 3.69. The van der Waals surface area contributed by atoms with E-state index in [1.54, 1.807) is 42.4 Å². The summed E-state index contributed by atoms with van der Waals surface area (Å²) >= 11 is 0. The number of hydrogen-bond donors (Lipinski definition) is 1. The predicted molar refractivity (Wildman–Crippen MR) is 122 cm³/mol. The first-order chi connectivity index (χ1) is 16.1. The van der Waals surface area contributed by atoms with Gasteiger partial charge in [0.25, 0.3) is 5.91 Å². The van der Waals surface area contributed by atoms with Crippen LogP contribution in [0, 0.1) is 5.82 Å². The third kappa shape index (κ3) is 5.79. The second-order valence-corrected chi connectivity index (χ2v) is 7.63. The molecule has 8 heteroatoms. The molecular weight excluding hydrogens is 421 g/mol. The van der Waals surface area contributed by atoms with E-state index in [4.69, 9.17) is 4.74 Å². The summed E-state index contributed by atoms with van der Waals surface area (Å²) in [6.45, 7) is 1.01. The lowest BCUT2D eigenvalue weighted by molar-refractivity contribution is 0.0953. The Morgan fingerprint density at radius 3 is 2.27 bits per heavy atom. The van der Waals surface area contributed by atoms with Gasteiger partial charge < -0.3 is 10.1 Å². The van der Waals surface area contributed by atoms with Crippen LogP contribution < -0.4 is 10.1 Å². The van der Waals surface area contributed by atoms with Gasteiger partial charge in [-0.25, -0.2) is 9.07 Å². The zero-order chi connectivity index (χ0) is 23.0. The zero-order valence-corrected chi connectivity index (χ0v) is 18.2. The summed E-state index contributed by atoms with van der Waals surface area (Å²) in [7, 11) is 1.63. The van der Waals surface area contributed by atoms with Gasteiger partial charge in [-0.15, -0.1) is 5.10 Å². The van der Waals surface area contributed by atoms with Crippen molar-refractivity contribution in [2.75, 3.05) is 13.7 Å². The van der Waals surface area contributed by atoms with Gasteiger partial charge in [0.05, 0.1) is 13.7 Å². The minimum absolute atomic E-state index is 0.00970. The van der Waals surface area contributed by atoms with Crippen LogP contribution in [0.15, 0.2) is 79.1 Å². The third-order valence-corrected chi connectivity index (χ3v) is 5.46. The minimum atomic E-state index is -0.274. The van der Waals surface area contributed by atoms with Crippen LogP contribution in [0.4, 0.5) is 4.39 Å². The molecule has 0 saturated heterocycles. The fraction of sp³-hybridized carbons (Fsp3) is 0.200. The van der Waals surface area contributed by atoms with Gasteiger partial charge >= 0.3 is 0 Å². The minimum Gasteiger partial charge on any atom is -0.497 e. The Kier molecular flexibility index (Phi) is 7.04. The van der Waals surface area contributed by atoms with Crippen molar-refractivity contribution in [1.82, 2.24) is 25.5 Å². The van der Waals surface area contributed by atoms with Crippen molar-refractivity contribution in [3.8, 4) is 5.75 Å². The van der Waals surface area contributed by atoms with E-state index in [9.17, 15) is 9.18 Å². The predicted octanol–water partition coefficient (Wildman–Crippen LogP) is 3.82. The topological polar surface area (TPSA) is 81.9 Å². The Morgan fingerprint density at radius 1 is 1.00 bits per heavy atom. The molecule has 4 aromatic rings. The molecule has 0 spiro atoms. The third-order valence-electron chi connectivity index (χ3n) is 5.46. The fourth-order valence-corrected chi connectivity index (χ4v) is 3.69. The lowest BCUT2D eigenvalue weighted by Gasteiger charge is -2.19. The second kappa shape index (κ2) is 10.5. The molecule has 0 aliphatic carbocycles. The SMILES string of the molecule is COc1ccc(C(CCNC(=O)c2ccc(Cn3cnnn3)cc2)c2ccc(F)cc2)cc1. The summed E-state index contributed by atoms with van der Waals surface area (Å²) in [4.78, 5) is 12.6. The molecule has 1 N–H and O–H groups in total. The number of methoxy groups -OCH3 is 1. The van der Waals surface area contributed by atoms with Gasteiger partial charge in [0.2, 0.25) is 0 Å². The number of carbonyl (C=O) groups excluding carboxylic acids is 1. The van der Waals surface area contributed by atoms with Crippen LogP contribution >= 0.6 is 0 Å². The Hall–Kier alpha value is -4.07. The Balaban J connectivity index is 1.39. The maximum atomic E-state index is 13.4. The van der Waals surface area contributed by atoms with E-state index < -0.39 is 0 Å². The number of rotatable bonds is 9. The van der Waals surface area contributed by atoms with Crippen LogP contribution in [0.3, 0.4) is 0 Å². The number of amides is 1. The quantitative estimate of drug-likeness (QED) is 0.424. The molecule has 0 radical (unpaired) electrons. The van der Waals surface area contributed by atoms with Crippen LogP contribution in [0.25, 0.3) is 0 Å². The molecule has 3 aromatic carbocycles. The Bertz CT molecular complexity index is 1160. The molecule has 1 aromatic heterocycles. The molecule has 0 fully saturated rings. The number of nitrogens with one attached hydrogen (secondary N) is 1. The molecule has 0 aliphatic rings. The van der Waals surface area contributed by atoms with Crippen LogP contribution in [-0.2, 0) is 6.54 Å². The monoisotopic (exact) mass is 445 g/mol. The maximum absolute atomic E-state index is 13.4. The summed E-state index contributed by atoms with van der Waals surface area (Å²) < 4.78 is 20.3. The summed E-state index contributed by atoms with van der Waals surface area (Å²) in [6.07, 6.45) is 2.21. The van der Waals surface area contributed by atoms with Crippen molar-refractivity contribution in [2.45, 2.75) is 18.9 Å². The number of aromatic nitrogens is 4. The van der Waals surface area contributed by atoms with Crippen LogP contribution in [-0.4, -0.2) is 39.8 Å². The summed E-state index contributed by atoms with van der Waals surface area (Å²) in [5.74, 6) is 0.365. The number of tetrazole rings is 1. The first-order valence-electron chi connectivity index (χ1n) is 10.6. The Labute approximate surface area is 191 Å². The van der Waals surface area contributed by atoms with E-state index in [1.165, 1.54) is 12.1 Å². The van der Waals surface area contributed by atoms with E-state index in [0.717, 1.165) is 22.4 Å². The lowest BCUT2D eigenvalue weighted by atomic mass is 9.88. The van der Waals surface area contributed by atoms with Gasteiger partial charge in [0.15, 0.2) is 0 Å². The van der Waals surface area contributed by atoms with Crippen molar-refractivity contribution < 1.29 is 13.9 Å². The van der Waals surface area contributed by atoms with Crippen LogP contribution in [0.5, 0.6) is 5.75 Å². The molecule has 1 heterocycles. The van der Waals surface area contributed by atoms with E-state index >= 15 is 0 Å². The van der Waals surface area contributed by atoms with E-state index in [-0.39, 0.29) is 17.6 Å². The van der Waals surface area contributed by atoms with E-state index in [0.29, 0.717) is 25.1 Å². The van der Waals surface area contributed by atoms with E-state index in [1.807, 2.05) is 36.4 Å². The van der Waals surface area contributed by atoms with Gasteiger partial charge in [-0.1, -0.05) is 36.4 Å². The Morgan fingerprint density at radius 2 is 1.67 bits per heavy atom. The average molecular weight is 445 g/mol. The first kappa shape index (κ1) is 22.1. The molecule has 1 atom stereocenters. The largest absolute Gasteiger partial charge is 0.497 e. The number of nitrogens with zero attached hydrogens (tertiary/aromatic N) is 4. The van der Waals surface area contributed by atoms with Crippen LogP contribution in [0.1, 0.15) is 39.4 Å². The number of carbonyl (C=O) groups is 1. The van der Waals surface area contributed by atoms with Gasteiger partial charge in [-0.2, -0.15) is 0 Å². The van der Waals surface area contributed by atoms with Gasteiger partial charge in [-0.05, 0) is 69.9 Å². The second-order valence-electron chi connectivity index (χ2n) is 7.63. The first-order valence-corrected chi connectivity index (χ1v) is 10.6. The number of ether oxygens (including phenoxy) is 1. The highest BCUT2D eigenvalue weighted by Crippen LogP contribution is 2.29. The van der Waals surface area contributed by atoms with Gasteiger partial charge in [0, 0.05) is 18.0 Å². The molecule has 168 valence electrons. The lowest BCUT2D eigenvalue weighted by Crippen LogP contribution is -2.25. The highest BCUT2D eigenvalue weighted by atomic mass is 19.1. The zero-order valence-electron chi connectivity index (χ0n) is 18.2. The number of hydrogen-bond acceptors (Lipinski definition) is 5. The molecular formula is C25H24FN5O2. The van der Waals surface area contributed by atoms with Crippen molar-refractivity contribution in [3.05, 3.63) is 107 Å². The van der Waals surface area contributed by atoms with Gasteiger partial charge in [-0.3, -0.25) is 4.79 Å². The molecule has 0 aliphatic heterocycles. The molecule has 7 nitrogen and oxygen atoms in total. The molecule has 33 heavy (non-hydrogen) atoms. The number of benzene rings is 3. The van der Waals surface area contributed by atoms with Crippen molar-refractivity contribution in [2.24, 2.45) is 0 Å². The molecule has 1 unspecified atom stereocenters. The van der Waals surface area contributed by atoms with Crippen molar-refractivity contribution in [3.63, 3.8) is 0 Å². The van der Waals surface area contributed by atoms with Crippen molar-refractivity contribution >= 4 is 5.91 Å². The van der Waals surface area contributed by atoms with Crippen LogP contribution in [0.2, 0.25) is 0 Å². The smallest absolute Gasteiger partial charge is 0.251 e. The summed E-state index contributed by atoms with van der Waals surface area (Å²) in [5.41, 5.74) is 3.64. The molecule has 1 amide bonds. The van der Waals surface area contributed by atoms with Crippen molar-refractivity contribution in [1.29, 1.82) is 0 Å². The highest BCUT2D eigenvalue weighted by molar-refractivity contribution is 5.94. The molecule has 0 saturated carbocycles. The average Bonchev–Trinajstić information content (AvgIpc) is 3.36. The van der Waals surface area contributed by atoms with E-state index in [2.05, 4.69) is 20.8 Å². The maximum Gasteiger partial charge on any atom is 0.251 e.